The number of hydrogen-bond donors (Lipinski definition) is 4. The van der Waals surface area contributed by atoms with Crippen molar-refractivity contribution in [2.45, 2.75) is 167 Å². The maximum absolute atomic E-state index is 12.3. The van der Waals surface area contributed by atoms with E-state index in [2.05, 4.69) is 67.8 Å². The first kappa shape index (κ1) is 39.3. The molecule has 238 valence electrons. The van der Waals surface area contributed by atoms with Gasteiger partial charge in [-0.2, -0.15) is 0 Å². The van der Waals surface area contributed by atoms with Crippen molar-refractivity contribution in [3.8, 4) is 0 Å². The van der Waals surface area contributed by atoms with Crippen LogP contribution in [0, 0.1) is 0 Å². The Morgan fingerprint density at radius 1 is 0.610 bits per heavy atom. The number of hydrogen-bond acceptors (Lipinski definition) is 4. The maximum atomic E-state index is 12.3. The number of carbonyl (C=O) groups is 1. The fourth-order valence-electron chi connectivity index (χ4n) is 4.69. The van der Waals surface area contributed by atoms with Gasteiger partial charge in [0, 0.05) is 6.42 Å². The summed E-state index contributed by atoms with van der Waals surface area (Å²) in [5.41, 5.74) is 0. The second kappa shape index (κ2) is 31.3. The zero-order valence-electron chi connectivity index (χ0n) is 26.7. The number of aliphatic hydroxyl groups is 3. The van der Waals surface area contributed by atoms with Crippen LogP contribution in [0.4, 0.5) is 0 Å². The third kappa shape index (κ3) is 26.9. The molecular weight excluding hydrogens is 510 g/mol. The first-order valence-corrected chi connectivity index (χ1v) is 16.9. The number of amides is 1. The molecule has 3 atom stereocenters. The van der Waals surface area contributed by atoms with Gasteiger partial charge in [-0.3, -0.25) is 4.79 Å². The van der Waals surface area contributed by atoms with Crippen molar-refractivity contribution in [3.63, 3.8) is 0 Å². The van der Waals surface area contributed by atoms with E-state index in [1.807, 2.05) is 0 Å². The lowest BCUT2D eigenvalue weighted by Crippen LogP contribution is -2.50. The molecule has 0 aliphatic carbocycles. The predicted octanol–water partition coefficient (Wildman–Crippen LogP) is 8.64. The van der Waals surface area contributed by atoms with E-state index in [-0.39, 0.29) is 12.5 Å². The van der Waals surface area contributed by atoms with E-state index >= 15 is 0 Å². The number of carbonyl (C=O) groups excluding carboxylic acids is 1. The summed E-state index contributed by atoms with van der Waals surface area (Å²) in [5.74, 6) is -0.175. The number of unbranched alkanes of at least 4 members (excludes halogenated alkanes) is 14. The van der Waals surface area contributed by atoms with Crippen LogP contribution in [0.2, 0.25) is 0 Å². The van der Waals surface area contributed by atoms with Crippen LogP contribution in [0.25, 0.3) is 0 Å². The molecule has 0 bridgehead atoms. The van der Waals surface area contributed by atoms with Gasteiger partial charge in [0.1, 0.15) is 6.10 Å². The van der Waals surface area contributed by atoms with Gasteiger partial charge in [0.15, 0.2) is 0 Å². The maximum Gasteiger partial charge on any atom is 0.220 e. The normalized spacial score (nSPS) is 14.6. The van der Waals surface area contributed by atoms with Gasteiger partial charge in [0.25, 0.3) is 0 Å². The molecule has 5 heteroatoms. The summed E-state index contributed by atoms with van der Waals surface area (Å²) < 4.78 is 0. The lowest BCUT2D eigenvalue weighted by atomic mass is 10.0. The van der Waals surface area contributed by atoms with Crippen LogP contribution in [-0.4, -0.2) is 46.1 Å². The van der Waals surface area contributed by atoms with Gasteiger partial charge in [-0.1, -0.05) is 114 Å². The predicted molar refractivity (Wildman–Crippen MR) is 176 cm³/mol. The second-order valence-electron chi connectivity index (χ2n) is 11.4. The summed E-state index contributed by atoms with van der Waals surface area (Å²) in [7, 11) is 0. The molecule has 0 radical (unpaired) electrons. The first-order valence-electron chi connectivity index (χ1n) is 16.9. The van der Waals surface area contributed by atoms with Crippen LogP contribution < -0.4 is 5.32 Å². The molecule has 0 aliphatic heterocycles. The van der Waals surface area contributed by atoms with E-state index in [0.717, 1.165) is 51.4 Å². The monoisotopic (exact) mass is 575 g/mol. The lowest BCUT2D eigenvalue weighted by molar-refractivity contribution is -0.124. The van der Waals surface area contributed by atoms with Crippen molar-refractivity contribution < 1.29 is 20.1 Å². The average Bonchev–Trinajstić information content (AvgIpc) is 2.97. The van der Waals surface area contributed by atoms with E-state index in [0.29, 0.717) is 12.8 Å². The molecule has 0 aromatic heterocycles. The molecule has 5 nitrogen and oxygen atoms in total. The van der Waals surface area contributed by atoms with Gasteiger partial charge in [-0.15, -0.1) is 0 Å². The van der Waals surface area contributed by atoms with Crippen molar-refractivity contribution >= 4 is 5.91 Å². The summed E-state index contributed by atoms with van der Waals surface area (Å²) in [6, 6.07) is -0.837. The van der Waals surface area contributed by atoms with E-state index in [1.54, 1.807) is 0 Å². The van der Waals surface area contributed by atoms with Crippen LogP contribution >= 0.6 is 0 Å². The van der Waals surface area contributed by atoms with Gasteiger partial charge < -0.3 is 20.6 Å². The number of nitrogens with one attached hydrogen (secondary N) is 1. The van der Waals surface area contributed by atoms with Gasteiger partial charge in [0.2, 0.25) is 5.91 Å². The summed E-state index contributed by atoms with van der Waals surface area (Å²) >= 11 is 0. The van der Waals surface area contributed by atoms with E-state index in [4.69, 9.17) is 0 Å². The van der Waals surface area contributed by atoms with E-state index in [1.165, 1.54) is 70.6 Å². The molecule has 0 fully saturated rings. The third-order valence-electron chi connectivity index (χ3n) is 7.41. The molecule has 0 heterocycles. The first-order chi connectivity index (χ1) is 20.1. The van der Waals surface area contributed by atoms with Crippen LogP contribution in [0.1, 0.15) is 149 Å². The van der Waals surface area contributed by atoms with Crippen LogP contribution in [-0.2, 0) is 4.79 Å². The van der Waals surface area contributed by atoms with Crippen molar-refractivity contribution in [1.82, 2.24) is 5.32 Å². The summed E-state index contributed by atoms with van der Waals surface area (Å²) in [5, 5.41) is 33.2. The van der Waals surface area contributed by atoms with Gasteiger partial charge in [-0.25, -0.2) is 0 Å². The quantitative estimate of drug-likeness (QED) is 0.0408. The standard InChI is InChI=1S/C36H65NO4/c1-3-5-7-9-11-13-15-17-18-19-21-23-25-27-29-31-35(40)37-33(32-38)36(41)34(39)30-28-26-24-22-20-16-14-12-10-8-6-4-2/h11-15,17,22,24,33-34,36,38-39,41H,3-10,16,18-21,23,25-32H2,1-2H3,(H,37,40)/b13-11-,14-12+,17-15-,24-22+. The molecule has 0 spiro atoms. The molecule has 3 unspecified atom stereocenters. The molecule has 0 rings (SSSR count). The molecule has 4 N–H and O–H groups in total. The highest BCUT2D eigenvalue weighted by molar-refractivity contribution is 5.76. The zero-order chi connectivity index (χ0) is 30.2. The Bertz CT molecular complexity index is 685. The minimum absolute atomic E-state index is 0.175. The molecule has 41 heavy (non-hydrogen) atoms. The Morgan fingerprint density at radius 2 is 1.07 bits per heavy atom. The lowest BCUT2D eigenvalue weighted by Gasteiger charge is -2.26. The number of aliphatic hydroxyl groups excluding tert-OH is 3. The summed E-state index contributed by atoms with van der Waals surface area (Å²) in [6.45, 7) is 4.06. The summed E-state index contributed by atoms with van der Waals surface area (Å²) in [4.78, 5) is 12.3. The van der Waals surface area contributed by atoms with Crippen LogP contribution in [0.3, 0.4) is 0 Å². The van der Waals surface area contributed by atoms with Crippen molar-refractivity contribution in [1.29, 1.82) is 0 Å². The Hall–Kier alpha value is -1.69. The van der Waals surface area contributed by atoms with Crippen LogP contribution in [0.5, 0.6) is 0 Å². The zero-order valence-corrected chi connectivity index (χ0v) is 26.7. The SMILES string of the molecule is CCCCC/C=C\C=C/CCCCCCCCC(=O)NC(CO)C(O)C(O)CCC/C=C/CC/C=C/CCCCC. The van der Waals surface area contributed by atoms with E-state index in [9.17, 15) is 20.1 Å². The largest absolute Gasteiger partial charge is 0.394 e. The molecule has 1 amide bonds. The van der Waals surface area contributed by atoms with Crippen molar-refractivity contribution in [2.24, 2.45) is 0 Å². The second-order valence-corrected chi connectivity index (χ2v) is 11.4. The van der Waals surface area contributed by atoms with E-state index < -0.39 is 18.2 Å². The van der Waals surface area contributed by atoms with Crippen LogP contribution in [0.15, 0.2) is 48.6 Å². The van der Waals surface area contributed by atoms with Crippen molar-refractivity contribution in [3.05, 3.63) is 48.6 Å². The Morgan fingerprint density at radius 3 is 1.63 bits per heavy atom. The Labute approximate surface area is 253 Å². The van der Waals surface area contributed by atoms with Gasteiger partial charge in [0.05, 0.1) is 18.8 Å². The molecule has 0 saturated carbocycles. The Kier molecular flexibility index (Phi) is 30.0. The smallest absolute Gasteiger partial charge is 0.220 e. The summed E-state index contributed by atoms with van der Waals surface area (Å²) in [6.07, 6.45) is 37.6. The number of allylic oxidation sites excluding steroid dienone is 8. The minimum Gasteiger partial charge on any atom is -0.394 e. The van der Waals surface area contributed by atoms with Gasteiger partial charge >= 0.3 is 0 Å². The van der Waals surface area contributed by atoms with Crippen molar-refractivity contribution in [2.75, 3.05) is 6.61 Å². The minimum atomic E-state index is -1.17. The fraction of sp³-hybridized carbons (Fsp3) is 0.750. The highest BCUT2D eigenvalue weighted by Gasteiger charge is 2.26. The third-order valence-corrected chi connectivity index (χ3v) is 7.41. The topological polar surface area (TPSA) is 89.8 Å². The molecule has 0 aromatic carbocycles. The van der Waals surface area contributed by atoms with Gasteiger partial charge in [-0.05, 0) is 77.0 Å². The average molecular weight is 576 g/mol. The molecule has 0 aromatic rings. The Balaban J connectivity index is 3.84. The fourth-order valence-corrected chi connectivity index (χ4v) is 4.69. The molecular formula is C36H65NO4. The molecule has 0 saturated heterocycles. The highest BCUT2D eigenvalue weighted by atomic mass is 16.3. The number of rotatable bonds is 29. The highest BCUT2D eigenvalue weighted by Crippen LogP contribution is 2.12. The molecule has 0 aliphatic rings.